The third-order valence-corrected chi connectivity index (χ3v) is 2.26. The van der Waals surface area contributed by atoms with Crippen LogP contribution in [-0.4, -0.2) is 15.8 Å². The summed E-state index contributed by atoms with van der Waals surface area (Å²) in [7, 11) is 0. The van der Waals surface area contributed by atoms with Gasteiger partial charge >= 0.3 is 0 Å². The molecule has 3 nitrogen and oxygen atoms in total. The lowest BCUT2D eigenvalue weighted by Gasteiger charge is -1.95. The van der Waals surface area contributed by atoms with Gasteiger partial charge in [-0.25, -0.2) is 0 Å². The van der Waals surface area contributed by atoms with Crippen LogP contribution in [0.1, 0.15) is 21.7 Å². The maximum atomic E-state index is 11.7. The summed E-state index contributed by atoms with van der Waals surface area (Å²) in [6.45, 7) is 1.92. The maximum Gasteiger partial charge on any atom is 0.187 e. The van der Waals surface area contributed by atoms with Crippen LogP contribution < -0.4 is 0 Å². The number of aryl methyl sites for hydroxylation is 1. The van der Waals surface area contributed by atoms with Crippen molar-refractivity contribution in [3.63, 3.8) is 0 Å². The van der Waals surface area contributed by atoms with Gasteiger partial charge in [-0.05, 0) is 43.3 Å². The molecule has 3 heteroatoms. The molecule has 84 valence electrons. The molecule has 0 saturated carbocycles. The zero-order valence-electron chi connectivity index (χ0n) is 9.50. The number of carbonyl (C=O) groups excluding carboxylic acids is 1. The molecule has 0 aromatic carbocycles. The van der Waals surface area contributed by atoms with E-state index in [1.165, 1.54) is 6.08 Å². The topological polar surface area (TPSA) is 42.9 Å². The quantitative estimate of drug-likeness (QED) is 0.594. The minimum absolute atomic E-state index is 0.0681. The molecule has 0 saturated heterocycles. The van der Waals surface area contributed by atoms with Crippen molar-refractivity contribution in [2.45, 2.75) is 6.92 Å². The second-order valence-electron chi connectivity index (χ2n) is 3.64. The third-order valence-electron chi connectivity index (χ3n) is 2.26. The van der Waals surface area contributed by atoms with Gasteiger partial charge in [0.1, 0.15) is 0 Å². The monoisotopic (exact) mass is 224 g/mol. The molecule has 0 aliphatic heterocycles. The molecular weight excluding hydrogens is 212 g/mol. The predicted molar refractivity (Wildman–Crippen MR) is 66.6 cm³/mol. The lowest BCUT2D eigenvalue weighted by molar-refractivity contribution is 0.104. The summed E-state index contributed by atoms with van der Waals surface area (Å²) < 4.78 is 0. The Kier molecular flexibility index (Phi) is 3.40. The van der Waals surface area contributed by atoms with Crippen molar-refractivity contribution in [2.24, 2.45) is 0 Å². The van der Waals surface area contributed by atoms with Gasteiger partial charge in [-0.2, -0.15) is 0 Å². The molecule has 2 aromatic heterocycles. The summed E-state index contributed by atoms with van der Waals surface area (Å²) in [5.41, 5.74) is 2.29. The fourth-order valence-corrected chi connectivity index (χ4v) is 1.42. The summed E-state index contributed by atoms with van der Waals surface area (Å²) in [6, 6.07) is 9.17. The Bertz CT molecular complexity index is 547. The molecule has 0 spiro atoms. The van der Waals surface area contributed by atoms with Crippen LogP contribution in [0.5, 0.6) is 0 Å². The van der Waals surface area contributed by atoms with Crippen LogP contribution in [0.25, 0.3) is 6.08 Å². The molecule has 0 fully saturated rings. The highest BCUT2D eigenvalue weighted by Gasteiger charge is 2.00. The van der Waals surface area contributed by atoms with Crippen LogP contribution in [0.4, 0.5) is 0 Å². The summed E-state index contributed by atoms with van der Waals surface area (Å²) >= 11 is 0. The fraction of sp³-hybridized carbons (Fsp3) is 0.0714. The zero-order valence-corrected chi connectivity index (χ0v) is 9.50. The highest BCUT2D eigenvalue weighted by molar-refractivity contribution is 6.06. The van der Waals surface area contributed by atoms with Crippen molar-refractivity contribution in [2.75, 3.05) is 0 Å². The Morgan fingerprint density at radius 3 is 2.82 bits per heavy atom. The molecule has 0 amide bonds. The summed E-state index contributed by atoms with van der Waals surface area (Å²) in [6.07, 6.45) is 6.42. The average Bonchev–Trinajstić information content (AvgIpc) is 2.37. The molecular formula is C14H12N2O. The Labute approximate surface area is 99.9 Å². The van der Waals surface area contributed by atoms with Gasteiger partial charge in [0.05, 0.1) is 5.69 Å². The summed E-state index contributed by atoms with van der Waals surface area (Å²) in [4.78, 5) is 19.9. The number of ketones is 1. The average molecular weight is 224 g/mol. The molecule has 0 aliphatic rings. The standard InChI is InChI=1S/C14H12N2O/c1-11-4-2-6-13(16-11)7-8-14(17)12-5-3-9-15-10-12/h2-10H,1H3/b8-7+. The molecule has 2 heterocycles. The highest BCUT2D eigenvalue weighted by atomic mass is 16.1. The first-order valence-corrected chi connectivity index (χ1v) is 5.32. The largest absolute Gasteiger partial charge is 0.289 e. The van der Waals surface area contributed by atoms with Crippen molar-refractivity contribution in [3.8, 4) is 0 Å². The van der Waals surface area contributed by atoms with Gasteiger partial charge in [0.15, 0.2) is 5.78 Å². The molecule has 0 aliphatic carbocycles. The van der Waals surface area contributed by atoms with Crippen molar-refractivity contribution >= 4 is 11.9 Å². The van der Waals surface area contributed by atoms with E-state index in [1.807, 2.05) is 25.1 Å². The van der Waals surface area contributed by atoms with Gasteiger partial charge in [-0.1, -0.05) is 6.07 Å². The van der Waals surface area contributed by atoms with Crippen molar-refractivity contribution < 1.29 is 4.79 Å². The molecule has 0 unspecified atom stereocenters. The number of aromatic nitrogens is 2. The number of allylic oxidation sites excluding steroid dienone is 1. The van der Waals surface area contributed by atoms with Gasteiger partial charge in [-0.15, -0.1) is 0 Å². The van der Waals surface area contributed by atoms with E-state index in [-0.39, 0.29) is 5.78 Å². The van der Waals surface area contributed by atoms with Crippen molar-refractivity contribution in [1.29, 1.82) is 0 Å². The molecule has 0 radical (unpaired) electrons. The SMILES string of the molecule is Cc1cccc(/C=C/C(=O)c2cccnc2)n1. The van der Waals surface area contributed by atoms with Crippen LogP contribution in [-0.2, 0) is 0 Å². The smallest absolute Gasteiger partial charge is 0.187 e. The van der Waals surface area contributed by atoms with Gasteiger partial charge in [0.25, 0.3) is 0 Å². The number of rotatable bonds is 3. The molecule has 0 atom stereocenters. The van der Waals surface area contributed by atoms with E-state index >= 15 is 0 Å². The van der Waals surface area contributed by atoms with E-state index in [9.17, 15) is 4.79 Å². The first-order chi connectivity index (χ1) is 8.25. The third kappa shape index (κ3) is 3.08. The Balaban J connectivity index is 2.14. The maximum absolute atomic E-state index is 11.7. The Morgan fingerprint density at radius 2 is 2.12 bits per heavy atom. The van der Waals surface area contributed by atoms with Crippen molar-refractivity contribution in [1.82, 2.24) is 9.97 Å². The van der Waals surface area contributed by atoms with E-state index in [0.717, 1.165) is 11.4 Å². The summed E-state index contributed by atoms with van der Waals surface area (Å²) in [5.74, 6) is -0.0681. The fourth-order valence-electron chi connectivity index (χ4n) is 1.42. The van der Waals surface area contributed by atoms with Gasteiger partial charge in [0.2, 0.25) is 0 Å². The molecule has 0 N–H and O–H groups in total. The second-order valence-corrected chi connectivity index (χ2v) is 3.64. The van der Waals surface area contributed by atoms with Gasteiger partial charge < -0.3 is 0 Å². The van der Waals surface area contributed by atoms with Crippen LogP contribution in [0, 0.1) is 6.92 Å². The number of hydrogen-bond donors (Lipinski definition) is 0. The van der Waals surface area contributed by atoms with Crippen LogP contribution in [0.15, 0.2) is 48.8 Å². The molecule has 17 heavy (non-hydrogen) atoms. The van der Waals surface area contributed by atoms with Crippen LogP contribution in [0.3, 0.4) is 0 Å². The Morgan fingerprint density at radius 1 is 1.24 bits per heavy atom. The van der Waals surface area contributed by atoms with Crippen LogP contribution in [0.2, 0.25) is 0 Å². The predicted octanol–water partition coefficient (Wildman–Crippen LogP) is 2.68. The first kappa shape index (κ1) is 11.2. The zero-order chi connectivity index (χ0) is 12.1. The normalized spacial score (nSPS) is 10.6. The minimum Gasteiger partial charge on any atom is -0.289 e. The minimum atomic E-state index is -0.0681. The Hall–Kier alpha value is -2.29. The lowest BCUT2D eigenvalue weighted by atomic mass is 10.1. The summed E-state index contributed by atoms with van der Waals surface area (Å²) in [5, 5.41) is 0. The molecule has 0 bridgehead atoms. The van der Waals surface area contributed by atoms with E-state index in [4.69, 9.17) is 0 Å². The number of carbonyl (C=O) groups is 1. The van der Waals surface area contributed by atoms with Crippen molar-refractivity contribution in [3.05, 3.63) is 65.8 Å². The van der Waals surface area contributed by atoms with E-state index in [1.54, 1.807) is 30.6 Å². The van der Waals surface area contributed by atoms with E-state index in [0.29, 0.717) is 5.56 Å². The van der Waals surface area contributed by atoms with E-state index in [2.05, 4.69) is 9.97 Å². The number of nitrogens with zero attached hydrogens (tertiary/aromatic N) is 2. The van der Waals surface area contributed by atoms with Crippen LogP contribution >= 0.6 is 0 Å². The molecule has 2 rings (SSSR count). The lowest BCUT2D eigenvalue weighted by Crippen LogP contribution is -1.94. The van der Waals surface area contributed by atoms with Gasteiger partial charge in [-0.3, -0.25) is 14.8 Å². The molecule has 2 aromatic rings. The van der Waals surface area contributed by atoms with Gasteiger partial charge in [0, 0.05) is 23.7 Å². The number of hydrogen-bond acceptors (Lipinski definition) is 3. The van der Waals surface area contributed by atoms with E-state index < -0.39 is 0 Å². The first-order valence-electron chi connectivity index (χ1n) is 5.32. The number of pyridine rings is 2. The highest BCUT2D eigenvalue weighted by Crippen LogP contribution is 2.03. The second kappa shape index (κ2) is 5.16.